The Kier molecular flexibility index (Phi) is 8.82. The number of ether oxygens (including phenoxy) is 2. The number of carbonyl (C=O) groups is 1. The molecular formula is C22H30N4O3. The normalized spacial score (nSPS) is 11.0. The Hall–Kier alpha value is -3.22. The fraction of sp³-hybridized carbons (Fsp3) is 0.364. The third-order valence-electron chi connectivity index (χ3n) is 4.02. The fourth-order valence-corrected chi connectivity index (χ4v) is 2.72. The van der Waals surface area contributed by atoms with Crippen LogP contribution in [0.3, 0.4) is 0 Å². The number of guanidine groups is 1. The zero-order valence-electron chi connectivity index (χ0n) is 17.5. The molecule has 7 nitrogen and oxygen atoms in total. The molecule has 0 atom stereocenters. The number of carbonyl (C=O) groups excluding carboxylic acids is 1. The van der Waals surface area contributed by atoms with Crippen LogP contribution in [0.1, 0.15) is 26.3 Å². The van der Waals surface area contributed by atoms with Crippen molar-refractivity contribution in [2.75, 3.05) is 37.4 Å². The van der Waals surface area contributed by atoms with Gasteiger partial charge in [-0.3, -0.25) is 9.79 Å². The van der Waals surface area contributed by atoms with Gasteiger partial charge in [0.05, 0.1) is 13.7 Å². The van der Waals surface area contributed by atoms with Crippen LogP contribution in [-0.4, -0.2) is 38.7 Å². The minimum absolute atomic E-state index is 0.0744. The molecule has 0 saturated heterocycles. The van der Waals surface area contributed by atoms with Gasteiger partial charge in [0.25, 0.3) is 0 Å². The Labute approximate surface area is 172 Å². The molecule has 7 heteroatoms. The first-order valence-electron chi connectivity index (χ1n) is 9.78. The van der Waals surface area contributed by atoms with Crippen molar-refractivity contribution in [1.29, 1.82) is 0 Å². The molecule has 0 bridgehead atoms. The van der Waals surface area contributed by atoms with Crippen molar-refractivity contribution in [3.63, 3.8) is 0 Å². The Morgan fingerprint density at radius 2 is 1.72 bits per heavy atom. The average Bonchev–Trinajstić information content (AvgIpc) is 2.70. The van der Waals surface area contributed by atoms with Crippen LogP contribution >= 0.6 is 0 Å². The van der Waals surface area contributed by atoms with Crippen LogP contribution in [-0.2, 0) is 11.2 Å². The number of nitrogens with zero attached hydrogens (tertiary/aromatic N) is 1. The molecule has 1 amide bonds. The first-order chi connectivity index (χ1) is 14.0. The van der Waals surface area contributed by atoms with Gasteiger partial charge < -0.3 is 25.4 Å². The summed E-state index contributed by atoms with van der Waals surface area (Å²) in [5, 5.41) is 9.31. The molecule has 0 saturated carbocycles. The molecule has 0 aliphatic rings. The smallest absolute Gasteiger partial charge is 0.221 e. The van der Waals surface area contributed by atoms with Crippen molar-refractivity contribution in [2.24, 2.45) is 4.99 Å². The van der Waals surface area contributed by atoms with Gasteiger partial charge in [0.15, 0.2) is 17.5 Å². The highest BCUT2D eigenvalue weighted by atomic mass is 16.5. The molecule has 0 aliphatic carbocycles. The van der Waals surface area contributed by atoms with E-state index in [9.17, 15) is 4.79 Å². The van der Waals surface area contributed by atoms with Gasteiger partial charge in [0, 0.05) is 37.5 Å². The summed E-state index contributed by atoms with van der Waals surface area (Å²) in [5.41, 5.74) is 2.82. The molecule has 156 valence electrons. The number of hydrogen-bond acceptors (Lipinski definition) is 4. The maximum absolute atomic E-state index is 11.1. The predicted molar refractivity (Wildman–Crippen MR) is 118 cm³/mol. The van der Waals surface area contributed by atoms with E-state index in [0.717, 1.165) is 29.9 Å². The largest absolute Gasteiger partial charge is 0.493 e. The number of amides is 1. The van der Waals surface area contributed by atoms with E-state index in [1.165, 1.54) is 6.92 Å². The first-order valence-corrected chi connectivity index (χ1v) is 9.78. The Balaban J connectivity index is 1.99. The molecule has 0 unspecified atom stereocenters. The molecule has 2 rings (SSSR count). The molecule has 0 aromatic heterocycles. The van der Waals surface area contributed by atoms with E-state index in [4.69, 9.17) is 9.47 Å². The van der Waals surface area contributed by atoms with Gasteiger partial charge in [0.2, 0.25) is 5.91 Å². The first kappa shape index (κ1) is 22.1. The zero-order valence-corrected chi connectivity index (χ0v) is 17.5. The maximum atomic E-state index is 11.1. The van der Waals surface area contributed by atoms with Crippen LogP contribution in [0.4, 0.5) is 11.4 Å². The number of aliphatic imine (C=N–C) groups is 1. The molecule has 0 fully saturated rings. The number of rotatable bonds is 9. The summed E-state index contributed by atoms with van der Waals surface area (Å²) in [6.07, 6.45) is 0.795. The van der Waals surface area contributed by atoms with Crippen molar-refractivity contribution < 1.29 is 14.3 Å². The molecule has 3 N–H and O–H groups in total. The lowest BCUT2D eigenvalue weighted by atomic mass is 10.1. The SMILES string of the molecule is CCNC(=NCCc1ccc(NC(C)=O)cc1)Nc1ccc(OCC)c(OC)c1. The van der Waals surface area contributed by atoms with E-state index >= 15 is 0 Å². The Morgan fingerprint density at radius 3 is 2.34 bits per heavy atom. The van der Waals surface area contributed by atoms with E-state index in [2.05, 4.69) is 20.9 Å². The second-order valence-electron chi connectivity index (χ2n) is 6.31. The van der Waals surface area contributed by atoms with Gasteiger partial charge >= 0.3 is 0 Å². The molecule has 2 aromatic rings. The fourth-order valence-electron chi connectivity index (χ4n) is 2.72. The van der Waals surface area contributed by atoms with Crippen LogP contribution < -0.4 is 25.4 Å². The van der Waals surface area contributed by atoms with Gasteiger partial charge in [-0.25, -0.2) is 0 Å². The van der Waals surface area contributed by atoms with E-state index in [0.29, 0.717) is 30.6 Å². The van der Waals surface area contributed by atoms with Crippen molar-refractivity contribution in [3.8, 4) is 11.5 Å². The lowest BCUT2D eigenvalue weighted by Gasteiger charge is -2.14. The van der Waals surface area contributed by atoms with Gasteiger partial charge in [-0.05, 0) is 50.1 Å². The monoisotopic (exact) mass is 398 g/mol. The number of methoxy groups -OCH3 is 1. The van der Waals surface area contributed by atoms with Gasteiger partial charge in [0.1, 0.15) is 0 Å². The van der Waals surface area contributed by atoms with Crippen LogP contribution in [0.25, 0.3) is 0 Å². The number of hydrogen-bond donors (Lipinski definition) is 3. The molecule has 0 radical (unpaired) electrons. The quantitative estimate of drug-likeness (QED) is 0.443. The summed E-state index contributed by atoms with van der Waals surface area (Å²) in [4.78, 5) is 15.7. The van der Waals surface area contributed by atoms with Crippen LogP contribution in [0.2, 0.25) is 0 Å². The van der Waals surface area contributed by atoms with E-state index in [-0.39, 0.29) is 5.91 Å². The molecular weight excluding hydrogens is 368 g/mol. The third kappa shape index (κ3) is 7.37. The Morgan fingerprint density at radius 1 is 1.00 bits per heavy atom. The maximum Gasteiger partial charge on any atom is 0.221 e. The highest BCUT2D eigenvalue weighted by Gasteiger charge is 2.07. The van der Waals surface area contributed by atoms with E-state index in [1.54, 1.807) is 7.11 Å². The van der Waals surface area contributed by atoms with E-state index < -0.39 is 0 Å². The van der Waals surface area contributed by atoms with Crippen molar-refractivity contribution in [1.82, 2.24) is 5.32 Å². The second-order valence-corrected chi connectivity index (χ2v) is 6.31. The summed E-state index contributed by atoms with van der Waals surface area (Å²) < 4.78 is 11.0. The lowest BCUT2D eigenvalue weighted by Crippen LogP contribution is -2.30. The van der Waals surface area contributed by atoms with Crippen molar-refractivity contribution in [2.45, 2.75) is 27.2 Å². The van der Waals surface area contributed by atoms with E-state index in [1.807, 2.05) is 56.3 Å². The minimum atomic E-state index is -0.0744. The standard InChI is InChI=1S/C22H30N4O3/c1-5-23-22(26-19-11-12-20(29-6-2)21(15-19)28-4)24-14-13-17-7-9-18(10-8-17)25-16(3)27/h7-12,15H,5-6,13-14H2,1-4H3,(H,25,27)(H2,23,24,26). The third-order valence-corrected chi connectivity index (χ3v) is 4.02. The van der Waals surface area contributed by atoms with Gasteiger partial charge in [-0.1, -0.05) is 12.1 Å². The molecule has 0 spiro atoms. The Bertz CT molecular complexity index is 819. The van der Waals surface area contributed by atoms with Crippen LogP contribution in [0, 0.1) is 0 Å². The molecule has 0 heterocycles. The predicted octanol–water partition coefficient (Wildman–Crippen LogP) is 3.67. The summed E-state index contributed by atoms with van der Waals surface area (Å²) in [6.45, 7) is 7.43. The topological polar surface area (TPSA) is 84.0 Å². The van der Waals surface area contributed by atoms with Crippen molar-refractivity contribution >= 4 is 23.2 Å². The zero-order chi connectivity index (χ0) is 21.1. The highest BCUT2D eigenvalue weighted by molar-refractivity contribution is 5.94. The molecule has 0 aliphatic heterocycles. The molecule has 2 aromatic carbocycles. The second kappa shape index (κ2) is 11.6. The summed E-state index contributed by atoms with van der Waals surface area (Å²) in [7, 11) is 1.62. The summed E-state index contributed by atoms with van der Waals surface area (Å²) in [6, 6.07) is 13.5. The van der Waals surface area contributed by atoms with Crippen LogP contribution in [0.15, 0.2) is 47.5 Å². The average molecular weight is 399 g/mol. The summed E-state index contributed by atoms with van der Waals surface area (Å²) in [5.74, 6) is 2.01. The van der Waals surface area contributed by atoms with Crippen molar-refractivity contribution in [3.05, 3.63) is 48.0 Å². The van der Waals surface area contributed by atoms with Gasteiger partial charge in [-0.2, -0.15) is 0 Å². The number of anilines is 2. The highest BCUT2D eigenvalue weighted by Crippen LogP contribution is 2.30. The number of nitrogens with one attached hydrogen (secondary N) is 3. The van der Waals surface area contributed by atoms with Crippen LogP contribution in [0.5, 0.6) is 11.5 Å². The summed E-state index contributed by atoms with van der Waals surface area (Å²) >= 11 is 0. The molecule has 29 heavy (non-hydrogen) atoms. The minimum Gasteiger partial charge on any atom is -0.493 e. The number of benzene rings is 2. The lowest BCUT2D eigenvalue weighted by molar-refractivity contribution is -0.114. The van der Waals surface area contributed by atoms with Gasteiger partial charge in [-0.15, -0.1) is 0 Å².